The summed E-state index contributed by atoms with van der Waals surface area (Å²) in [6, 6.07) is 8.65. The van der Waals surface area contributed by atoms with Gasteiger partial charge in [0.15, 0.2) is 0 Å². The van der Waals surface area contributed by atoms with Gasteiger partial charge < -0.3 is 20.7 Å². The smallest absolute Gasteiger partial charge is 0.255 e. The average molecular weight is 396 g/mol. The van der Waals surface area contributed by atoms with E-state index in [4.69, 9.17) is 4.74 Å². The summed E-state index contributed by atoms with van der Waals surface area (Å²) in [4.78, 5) is 24.4. The first-order valence-electron chi connectivity index (χ1n) is 9.71. The van der Waals surface area contributed by atoms with Crippen LogP contribution in [0.5, 0.6) is 5.75 Å². The molecule has 0 spiro atoms. The molecule has 0 radical (unpaired) electrons. The van der Waals surface area contributed by atoms with Gasteiger partial charge in [-0.2, -0.15) is 0 Å². The molecule has 0 aliphatic carbocycles. The van der Waals surface area contributed by atoms with Gasteiger partial charge in [-0.25, -0.2) is 0 Å². The highest BCUT2D eigenvalue weighted by Crippen LogP contribution is 2.26. The van der Waals surface area contributed by atoms with Gasteiger partial charge >= 0.3 is 0 Å². The van der Waals surface area contributed by atoms with Crippen molar-refractivity contribution in [1.29, 1.82) is 0 Å². The first-order valence-corrected chi connectivity index (χ1v) is 9.71. The molecule has 2 aliphatic rings. The van der Waals surface area contributed by atoms with Crippen molar-refractivity contribution >= 4 is 24.2 Å². The number of halogens is 1. The Labute approximate surface area is 167 Å². The Morgan fingerprint density at radius 3 is 2.59 bits per heavy atom. The van der Waals surface area contributed by atoms with E-state index in [0.717, 1.165) is 12.8 Å². The zero-order valence-corrected chi connectivity index (χ0v) is 16.6. The Morgan fingerprint density at radius 1 is 1.19 bits per heavy atom. The van der Waals surface area contributed by atoms with Gasteiger partial charge in [0.25, 0.3) is 5.91 Å². The van der Waals surface area contributed by atoms with Gasteiger partial charge in [0.1, 0.15) is 5.75 Å². The van der Waals surface area contributed by atoms with Crippen LogP contribution in [0.25, 0.3) is 0 Å². The predicted molar refractivity (Wildman–Crippen MR) is 108 cm³/mol. The van der Waals surface area contributed by atoms with Gasteiger partial charge in [0, 0.05) is 31.1 Å². The summed E-state index contributed by atoms with van der Waals surface area (Å²) in [6.45, 7) is 2.88. The molecule has 2 unspecified atom stereocenters. The number of nitrogens with one attached hydrogen (secondary N) is 3. The summed E-state index contributed by atoms with van der Waals surface area (Å²) in [5.41, 5.74) is 0.531. The van der Waals surface area contributed by atoms with Gasteiger partial charge in [0.05, 0.1) is 12.2 Å². The fourth-order valence-electron chi connectivity index (χ4n) is 3.96. The molecule has 2 atom stereocenters. The quantitative estimate of drug-likeness (QED) is 0.590. The molecule has 0 saturated carbocycles. The number of carbonyl (C=O) groups excluding carboxylic acids is 2. The maximum absolute atomic E-state index is 12.3. The minimum atomic E-state index is -0.163. The van der Waals surface area contributed by atoms with Crippen LogP contribution in [-0.2, 0) is 4.79 Å². The molecule has 3 N–H and O–H groups in total. The Hall–Kier alpha value is -1.79. The Bertz CT molecular complexity index is 629. The zero-order chi connectivity index (χ0) is 18.4. The van der Waals surface area contributed by atoms with E-state index in [1.165, 1.54) is 12.8 Å². The van der Waals surface area contributed by atoms with E-state index in [1.807, 2.05) is 19.1 Å². The van der Waals surface area contributed by atoms with E-state index in [-0.39, 0.29) is 24.2 Å². The standard InChI is InChI=1S/C20H29N3O3.ClH/c1-2-26-18-7-4-3-6-17(18)20(25)21-11-5-8-19(24)23-16-12-14-9-10-15(13-16)22-14;/h3-4,6-7,14-16,22H,2,5,8-13H2,1H3,(H,21,25)(H,23,24);1H. The monoisotopic (exact) mass is 395 g/mol. The topological polar surface area (TPSA) is 79.5 Å². The van der Waals surface area contributed by atoms with Crippen molar-refractivity contribution in [2.45, 2.75) is 63.6 Å². The lowest BCUT2D eigenvalue weighted by atomic mass is 9.99. The highest BCUT2D eigenvalue weighted by atomic mass is 35.5. The average Bonchev–Trinajstić information content (AvgIpc) is 2.97. The molecule has 2 heterocycles. The molecule has 6 nitrogen and oxygen atoms in total. The minimum Gasteiger partial charge on any atom is -0.493 e. The first kappa shape index (κ1) is 21.5. The lowest BCUT2D eigenvalue weighted by Gasteiger charge is -2.29. The molecule has 7 heteroatoms. The molecule has 1 aromatic carbocycles. The van der Waals surface area contributed by atoms with Gasteiger partial charge in [-0.15, -0.1) is 12.4 Å². The molecule has 2 bridgehead atoms. The Kier molecular flexibility index (Phi) is 8.38. The third kappa shape index (κ3) is 6.11. The highest BCUT2D eigenvalue weighted by Gasteiger charge is 2.33. The van der Waals surface area contributed by atoms with Crippen LogP contribution in [0.2, 0.25) is 0 Å². The maximum atomic E-state index is 12.3. The molecular weight excluding hydrogens is 366 g/mol. The van der Waals surface area contributed by atoms with Gasteiger partial charge in [-0.3, -0.25) is 9.59 Å². The second-order valence-electron chi connectivity index (χ2n) is 7.16. The number of ether oxygens (including phenoxy) is 1. The molecule has 1 aromatic rings. The number of rotatable bonds is 8. The minimum absolute atomic E-state index is 0. The van der Waals surface area contributed by atoms with Crippen LogP contribution in [0, 0.1) is 0 Å². The van der Waals surface area contributed by atoms with E-state index in [9.17, 15) is 9.59 Å². The largest absolute Gasteiger partial charge is 0.493 e. The number of hydrogen-bond acceptors (Lipinski definition) is 4. The summed E-state index contributed by atoms with van der Waals surface area (Å²) < 4.78 is 5.48. The molecule has 150 valence electrons. The van der Waals surface area contributed by atoms with Crippen molar-refractivity contribution in [2.24, 2.45) is 0 Å². The second-order valence-corrected chi connectivity index (χ2v) is 7.16. The number of benzene rings is 1. The summed E-state index contributed by atoms with van der Waals surface area (Å²) in [5.74, 6) is 0.510. The number of para-hydroxylation sites is 1. The van der Waals surface area contributed by atoms with Crippen LogP contribution in [0.4, 0.5) is 0 Å². The van der Waals surface area contributed by atoms with E-state index in [0.29, 0.717) is 55.4 Å². The Balaban J connectivity index is 0.00000261. The molecule has 2 saturated heterocycles. The fraction of sp³-hybridized carbons (Fsp3) is 0.600. The lowest BCUT2D eigenvalue weighted by Crippen LogP contribution is -2.48. The molecular formula is C20H30ClN3O3. The lowest BCUT2D eigenvalue weighted by molar-refractivity contribution is -0.122. The van der Waals surface area contributed by atoms with Crippen LogP contribution >= 0.6 is 12.4 Å². The molecule has 27 heavy (non-hydrogen) atoms. The van der Waals surface area contributed by atoms with E-state index >= 15 is 0 Å². The normalized spacial score (nSPS) is 23.2. The van der Waals surface area contributed by atoms with E-state index < -0.39 is 0 Å². The number of piperidine rings is 1. The van der Waals surface area contributed by atoms with Crippen LogP contribution < -0.4 is 20.7 Å². The van der Waals surface area contributed by atoms with Crippen LogP contribution in [0.3, 0.4) is 0 Å². The highest BCUT2D eigenvalue weighted by molar-refractivity contribution is 5.96. The van der Waals surface area contributed by atoms with Gasteiger partial charge in [0.2, 0.25) is 5.91 Å². The van der Waals surface area contributed by atoms with Crippen LogP contribution in [0.15, 0.2) is 24.3 Å². The Morgan fingerprint density at radius 2 is 1.89 bits per heavy atom. The predicted octanol–water partition coefficient (Wildman–Crippen LogP) is 2.42. The summed E-state index contributed by atoms with van der Waals surface area (Å²) in [7, 11) is 0. The molecule has 2 aliphatic heterocycles. The molecule has 2 fully saturated rings. The fourth-order valence-corrected chi connectivity index (χ4v) is 3.96. The van der Waals surface area contributed by atoms with Crippen LogP contribution in [-0.4, -0.2) is 43.1 Å². The maximum Gasteiger partial charge on any atom is 0.255 e. The van der Waals surface area contributed by atoms with Gasteiger partial charge in [-0.05, 0) is 51.2 Å². The van der Waals surface area contributed by atoms with Crippen molar-refractivity contribution in [3.63, 3.8) is 0 Å². The van der Waals surface area contributed by atoms with Crippen LogP contribution in [0.1, 0.15) is 55.8 Å². The number of amides is 2. The van der Waals surface area contributed by atoms with E-state index in [1.54, 1.807) is 12.1 Å². The third-order valence-corrected chi connectivity index (χ3v) is 5.14. The van der Waals surface area contributed by atoms with Crippen molar-refractivity contribution in [1.82, 2.24) is 16.0 Å². The van der Waals surface area contributed by atoms with E-state index in [2.05, 4.69) is 16.0 Å². The first-order chi connectivity index (χ1) is 12.7. The SMILES string of the molecule is CCOc1ccccc1C(=O)NCCCC(=O)NC1CC2CCC(C1)N2.Cl. The summed E-state index contributed by atoms with van der Waals surface area (Å²) in [6.07, 6.45) is 5.60. The molecule has 0 aromatic heterocycles. The number of hydrogen-bond donors (Lipinski definition) is 3. The third-order valence-electron chi connectivity index (χ3n) is 5.14. The summed E-state index contributed by atoms with van der Waals surface area (Å²) in [5, 5.41) is 9.60. The van der Waals surface area contributed by atoms with Crippen molar-refractivity contribution in [2.75, 3.05) is 13.2 Å². The van der Waals surface area contributed by atoms with Crippen molar-refractivity contribution < 1.29 is 14.3 Å². The number of fused-ring (bicyclic) bond motifs is 2. The molecule has 3 rings (SSSR count). The number of carbonyl (C=O) groups is 2. The van der Waals surface area contributed by atoms with Gasteiger partial charge in [-0.1, -0.05) is 12.1 Å². The summed E-state index contributed by atoms with van der Waals surface area (Å²) >= 11 is 0. The van der Waals surface area contributed by atoms with Crippen molar-refractivity contribution in [3.05, 3.63) is 29.8 Å². The second kappa shape index (κ2) is 10.5. The molecule has 2 amide bonds. The zero-order valence-electron chi connectivity index (χ0n) is 15.8. The van der Waals surface area contributed by atoms with Crippen molar-refractivity contribution in [3.8, 4) is 5.75 Å².